The zero-order chi connectivity index (χ0) is 15.8. The number of sulfonamides is 1. The highest BCUT2D eigenvalue weighted by molar-refractivity contribution is 7.89. The molecule has 1 aromatic heterocycles. The summed E-state index contributed by atoms with van der Waals surface area (Å²) in [7, 11) is -3.55. The number of rotatable bonds is 8. The van der Waals surface area contributed by atoms with Gasteiger partial charge < -0.3 is 10.4 Å². The van der Waals surface area contributed by atoms with E-state index in [1.54, 1.807) is 0 Å². The SMILES string of the molecule is O=S(=O)(NCC1CC1)c1cnc(NCC2(CO)CC2)c(Cl)c1. The monoisotopic (exact) mass is 345 g/mol. The van der Waals surface area contributed by atoms with Gasteiger partial charge in [0.15, 0.2) is 0 Å². The van der Waals surface area contributed by atoms with Gasteiger partial charge in [-0.15, -0.1) is 0 Å². The summed E-state index contributed by atoms with van der Waals surface area (Å²) in [6.07, 6.45) is 5.42. The van der Waals surface area contributed by atoms with Crippen molar-refractivity contribution in [3.8, 4) is 0 Å². The molecule has 0 saturated heterocycles. The van der Waals surface area contributed by atoms with Gasteiger partial charge in [-0.1, -0.05) is 11.6 Å². The molecule has 8 heteroatoms. The van der Waals surface area contributed by atoms with Crippen LogP contribution in [0.1, 0.15) is 25.7 Å². The third-order valence-electron chi connectivity index (χ3n) is 4.31. The summed E-state index contributed by atoms with van der Waals surface area (Å²) < 4.78 is 26.9. The molecule has 0 atom stereocenters. The molecule has 0 bridgehead atoms. The first-order valence-corrected chi connectivity index (χ1v) is 9.30. The molecule has 0 spiro atoms. The highest BCUT2D eigenvalue weighted by Crippen LogP contribution is 2.45. The molecule has 0 aromatic carbocycles. The van der Waals surface area contributed by atoms with Crippen molar-refractivity contribution >= 4 is 27.4 Å². The fourth-order valence-electron chi connectivity index (χ4n) is 2.17. The van der Waals surface area contributed by atoms with Crippen molar-refractivity contribution in [2.45, 2.75) is 30.6 Å². The maximum atomic E-state index is 12.1. The van der Waals surface area contributed by atoms with Gasteiger partial charge in [0.25, 0.3) is 0 Å². The first-order chi connectivity index (χ1) is 10.4. The van der Waals surface area contributed by atoms with Gasteiger partial charge in [0.1, 0.15) is 10.7 Å². The Kier molecular flexibility index (Phi) is 4.33. The van der Waals surface area contributed by atoms with Gasteiger partial charge in [-0.3, -0.25) is 0 Å². The number of aromatic nitrogens is 1. The van der Waals surface area contributed by atoms with Gasteiger partial charge in [-0.05, 0) is 37.7 Å². The molecule has 0 radical (unpaired) electrons. The molecular formula is C14H20ClN3O3S. The van der Waals surface area contributed by atoms with E-state index in [9.17, 15) is 13.5 Å². The highest BCUT2D eigenvalue weighted by Gasteiger charge is 2.41. The van der Waals surface area contributed by atoms with E-state index in [4.69, 9.17) is 11.6 Å². The van der Waals surface area contributed by atoms with E-state index in [1.165, 1.54) is 12.3 Å². The molecule has 0 aliphatic heterocycles. The fraction of sp³-hybridized carbons (Fsp3) is 0.643. The number of aliphatic hydroxyl groups is 1. The molecule has 2 saturated carbocycles. The number of nitrogens with one attached hydrogen (secondary N) is 2. The first kappa shape index (κ1) is 16.0. The van der Waals surface area contributed by atoms with Gasteiger partial charge in [0, 0.05) is 24.7 Å². The second-order valence-corrected chi connectivity index (χ2v) is 8.48. The molecule has 2 aliphatic carbocycles. The summed E-state index contributed by atoms with van der Waals surface area (Å²) >= 11 is 6.12. The van der Waals surface area contributed by atoms with Gasteiger partial charge in [-0.25, -0.2) is 18.1 Å². The summed E-state index contributed by atoms with van der Waals surface area (Å²) in [4.78, 5) is 4.18. The highest BCUT2D eigenvalue weighted by atomic mass is 35.5. The normalized spacial score (nSPS) is 19.9. The predicted octanol–water partition coefficient (Wildman–Crippen LogP) is 1.61. The van der Waals surface area contributed by atoms with Gasteiger partial charge in [0.2, 0.25) is 10.0 Å². The smallest absolute Gasteiger partial charge is 0.242 e. The summed E-state index contributed by atoms with van der Waals surface area (Å²) in [6, 6.07) is 1.41. The molecule has 122 valence electrons. The Morgan fingerprint density at radius 1 is 1.41 bits per heavy atom. The van der Waals surface area contributed by atoms with Gasteiger partial charge >= 0.3 is 0 Å². The maximum absolute atomic E-state index is 12.1. The molecule has 1 heterocycles. The quantitative estimate of drug-likeness (QED) is 0.665. The van der Waals surface area contributed by atoms with Crippen LogP contribution >= 0.6 is 11.6 Å². The van der Waals surface area contributed by atoms with Crippen LogP contribution in [0.25, 0.3) is 0 Å². The second-order valence-electron chi connectivity index (χ2n) is 6.31. The summed E-state index contributed by atoms with van der Waals surface area (Å²) in [6.45, 7) is 1.19. The Morgan fingerprint density at radius 3 is 2.68 bits per heavy atom. The van der Waals surface area contributed by atoms with Crippen molar-refractivity contribution in [1.82, 2.24) is 9.71 Å². The molecule has 0 amide bonds. The average molecular weight is 346 g/mol. The van der Waals surface area contributed by atoms with Gasteiger partial charge in [-0.2, -0.15) is 0 Å². The minimum Gasteiger partial charge on any atom is -0.396 e. The van der Waals surface area contributed by atoms with Crippen LogP contribution in [0.2, 0.25) is 5.02 Å². The molecule has 3 N–H and O–H groups in total. The number of hydrogen-bond donors (Lipinski definition) is 3. The Balaban J connectivity index is 1.65. The lowest BCUT2D eigenvalue weighted by Crippen LogP contribution is -2.26. The van der Waals surface area contributed by atoms with Crippen LogP contribution in [0.5, 0.6) is 0 Å². The van der Waals surface area contributed by atoms with Crippen LogP contribution in [-0.4, -0.2) is 38.2 Å². The van der Waals surface area contributed by atoms with Crippen molar-refractivity contribution in [3.05, 3.63) is 17.3 Å². The van der Waals surface area contributed by atoms with E-state index >= 15 is 0 Å². The van der Waals surface area contributed by atoms with E-state index in [0.717, 1.165) is 25.7 Å². The lowest BCUT2D eigenvalue weighted by Gasteiger charge is -2.14. The van der Waals surface area contributed by atoms with E-state index in [1.807, 2.05) is 0 Å². The molecule has 0 unspecified atom stereocenters. The standard InChI is InChI=1S/C14H20ClN3O3S/c15-12-5-11(22(20,21)18-6-10-1-2-10)7-16-13(12)17-8-14(9-19)3-4-14/h5,7,10,18-19H,1-4,6,8-9H2,(H,16,17). The van der Waals surface area contributed by atoms with Crippen LogP contribution < -0.4 is 10.0 Å². The van der Waals surface area contributed by atoms with Crippen LogP contribution in [-0.2, 0) is 10.0 Å². The lowest BCUT2D eigenvalue weighted by molar-refractivity contribution is 0.219. The molecule has 1 aromatic rings. The van der Waals surface area contributed by atoms with Crippen molar-refractivity contribution in [3.63, 3.8) is 0 Å². The van der Waals surface area contributed by atoms with E-state index < -0.39 is 10.0 Å². The first-order valence-electron chi connectivity index (χ1n) is 7.44. The van der Waals surface area contributed by atoms with Crippen LogP contribution in [0.4, 0.5) is 5.82 Å². The zero-order valence-electron chi connectivity index (χ0n) is 12.2. The number of aliphatic hydroxyl groups excluding tert-OH is 1. The van der Waals surface area contributed by atoms with Crippen molar-refractivity contribution < 1.29 is 13.5 Å². The number of hydrogen-bond acceptors (Lipinski definition) is 5. The number of anilines is 1. The summed E-state index contributed by atoms with van der Waals surface area (Å²) in [5.74, 6) is 0.912. The molecule has 2 aliphatic rings. The van der Waals surface area contributed by atoms with Crippen LogP contribution in [0.3, 0.4) is 0 Å². The third kappa shape index (κ3) is 3.71. The Labute approximate surface area is 135 Å². The van der Waals surface area contributed by atoms with Crippen molar-refractivity contribution in [2.75, 3.05) is 25.0 Å². The maximum Gasteiger partial charge on any atom is 0.242 e. The summed E-state index contributed by atoms with van der Waals surface area (Å²) in [5, 5.41) is 12.6. The minimum atomic E-state index is -3.55. The Morgan fingerprint density at radius 2 is 2.14 bits per heavy atom. The summed E-state index contributed by atoms with van der Waals surface area (Å²) in [5.41, 5.74) is -0.0679. The second kappa shape index (κ2) is 5.96. The van der Waals surface area contributed by atoms with Crippen molar-refractivity contribution in [2.24, 2.45) is 11.3 Å². The third-order valence-corrected chi connectivity index (χ3v) is 5.99. The molecule has 22 heavy (non-hydrogen) atoms. The minimum absolute atomic E-state index is 0.0679. The topological polar surface area (TPSA) is 91.3 Å². The largest absolute Gasteiger partial charge is 0.396 e. The average Bonchev–Trinajstić information content (AvgIpc) is 3.38. The fourth-order valence-corrected chi connectivity index (χ4v) is 3.55. The molecular weight excluding hydrogens is 326 g/mol. The predicted molar refractivity (Wildman–Crippen MR) is 84.4 cm³/mol. The lowest BCUT2D eigenvalue weighted by atomic mass is 10.1. The zero-order valence-corrected chi connectivity index (χ0v) is 13.8. The van der Waals surface area contributed by atoms with E-state index in [-0.39, 0.29) is 21.9 Å². The van der Waals surface area contributed by atoms with Crippen molar-refractivity contribution in [1.29, 1.82) is 0 Å². The molecule has 2 fully saturated rings. The van der Waals surface area contributed by atoms with Crippen LogP contribution in [0.15, 0.2) is 17.2 Å². The Hall–Kier alpha value is -0.890. The molecule has 3 rings (SSSR count). The molecule has 6 nitrogen and oxygen atoms in total. The number of nitrogens with zero attached hydrogens (tertiary/aromatic N) is 1. The van der Waals surface area contributed by atoms with Gasteiger partial charge in [0.05, 0.1) is 11.6 Å². The van der Waals surface area contributed by atoms with Crippen LogP contribution in [0, 0.1) is 11.3 Å². The van der Waals surface area contributed by atoms with E-state index in [2.05, 4.69) is 15.0 Å². The Bertz CT molecular complexity index is 657. The number of pyridine rings is 1. The number of halogens is 1. The van der Waals surface area contributed by atoms with E-state index in [0.29, 0.717) is 24.8 Å².